The highest BCUT2D eigenvalue weighted by Crippen LogP contribution is 2.41. The number of amides is 1. The number of rotatable bonds is 4. The second kappa shape index (κ2) is 7.72. The first kappa shape index (κ1) is 19.6. The number of carbonyl (C=O) groups is 1. The van der Waals surface area contributed by atoms with E-state index in [9.17, 15) is 4.79 Å². The van der Waals surface area contributed by atoms with E-state index in [1.165, 1.54) is 0 Å². The number of aryl methyl sites for hydroxylation is 1. The maximum absolute atomic E-state index is 13.3. The lowest BCUT2D eigenvalue weighted by atomic mass is 9.87. The summed E-state index contributed by atoms with van der Waals surface area (Å²) in [6.07, 6.45) is 5.98. The van der Waals surface area contributed by atoms with Crippen LogP contribution in [0.2, 0.25) is 0 Å². The highest BCUT2D eigenvalue weighted by Gasteiger charge is 2.42. The van der Waals surface area contributed by atoms with Gasteiger partial charge in [-0.3, -0.25) is 9.48 Å². The van der Waals surface area contributed by atoms with Crippen molar-refractivity contribution in [2.24, 2.45) is 7.05 Å². The number of carbonyl (C=O) groups excluding carboxylic acids is 1. The minimum absolute atomic E-state index is 0.0422. The lowest BCUT2D eigenvalue weighted by Gasteiger charge is -2.44. The van der Waals surface area contributed by atoms with Gasteiger partial charge in [0.15, 0.2) is 23.1 Å². The van der Waals surface area contributed by atoms with E-state index in [-0.39, 0.29) is 18.0 Å². The molecule has 2 atom stereocenters. The van der Waals surface area contributed by atoms with Crippen molar-refractivity contribution in [1.82, 2.24) is 29.4 Å². The standard InChI is InChI=1S/C22H26N6O3/c1-26-11-10-15(25-26)22(29)27-13-20-23-24-21(28(20)17-7-5-4-6-16(17)27)14-8-9-18(30-2)19(12-14)31-3/h8-12,16-17H,4-7,13H2,1-3H3/t16-,17-/m0/s1. The molecule has 0 saturated heterocycles. The highest BCUT2D eigenvalue weighted by molar-refractivity contribution is 5.92. The summed E-state index contributed by atoms with van der Waals surface area (Å²) in [4.78, 5) is 15.2. The molecule has 3 aromatic rings. The zero-order valence-corrected chi connectivity index (χ0v) is 18.0. The third kappa shape index (κ3) is 3.24. The first-order valence-corrected chi connectivity index (χ1v) is 10.6. The molecule has 9 heteroatoms. The van der Waals surface area contributed by atoms with E-state index in [0.717, 1.165) is 42.9 Å². The van der Waals surface area contributed by atoms with Crippen LogP contribution in [0.15, 0.2) is 30.5 Å². The van der Waals surface area contributed by atoms with Gasteiger partial charge < -0.3 is 18.9 Å². The molecule has 1 aliphatic heterocycles. The van der Waals surface area contributed by atoms with Crippen LogP contribution < -0.4 is 9.47 Å². The molecule has 1 saturated carbocycles. The number of hydrogen-bond acceptors (Lipinski definition) is 6. The summed E-state index contributed by atoms with van der Waals surface area (Å²) < 4.78 is 14.7. The van der Waals surface area contributed by atoms with Gasteiger partial charge in [0.2, 0.25) is 0 Å². The molecule has 0 radical (unpaired) electrons. The van der Waals surface area contributed by atoms with Crippen LogP contribution in [0.1, 0.15) is 48.0 Å². The van der Waals surface area contributed by atoms with Gasteiger partial charge in [-0.2, -0.15) is 5.10 Å². The van der Waals surface area contributed by atoms with E-state index >= 15 is 0 Å². The van der Waals surface area contributed by atoms with Crippen molar-refractivity contribution in [2.45, 2.75) is 44.3 Å². The van der Waals surface area contributed by atoms with Gasteiger partial charge in [0, 0.05) is 18.8 Å². The van der Waals surface area contributed by atoms with Crippen molar-refractivity contribution in [3.05, 3.63) is 42.0 Å². The van der Waals surface area contributed by atoms with Gasteiger partial charge >= 0.3 is 0 Å². The van der Waals surface area contributed by atoms with Crippen molar-refractivity contribution >= 4 is 5.91 Å². The Balaban J connectivity index is 1.55. The Morgan fingerprint density at radius 1 is 1.03 bits per heavy atom. The molecule has 1 aromatic carbocycles. The number of benzene rings is 1. The quantitative estimate of drug-likeness (QED) is 0.643. The first-order valence-electron chi connectivity index (χ1n) is 10.6. The fourth-order valence-electron chi connectivity index (χ4n) is 4.88. The molecule has 2 aromatic heterocycles. The van der Waals surface area contributed by atoms with Crippen LogP contribution in [0, 0.1) is 0 Å². The fourth-order valence-corrected chi connectivity index (χ4v) is 4.88. The number of methoxy groups -OCH3 is 2. The van der Waals surface area contributed by atoms with Gasteiger partial charge in [-0.15, -0.1) is 10.2 Å². The van der Waals surface area contributed by atoms with Gasteiger partial charge in [0.25, 0.3) is 5.91 Å². The molecule has 31 heavy (non-hydrogen) atoms. The molecule has 3 heterocycles. The maximum atomic E-state index is 13.3. The monoisotopic (exact) mass is 422 g/mol. The molecule has 0 unspecified atom stereocenters. The van der Waals surface area contributed by atoms with Crippen LogP contribution in [0.4, 0.5) is 0 Å². The maximum Gasteiger partial charge on any atom is 0.275 e. The van der Waals surface area contributed by atoms with E-state index in [1.54, 1.807) is 31.2 Å². The minimum atomic E-state index is -0.0422. The molecular formula is C22H26N6O3. The molecule has 2 aliphatic rings. The van der Waals surface area contributed by atoms with Gasteiger partial charge in [0.05, 0.1) is 32.8 Å². The SMILES string of the molecule is COc1ccc(-c2nnc3n2[C@H]2CCCC[C@@H]2N(C(=O)c2ccn(C)n2)C3)cc1OC. The average Bonchev–Trinajstić information content (AvgIpc) is 3.44. The third-order valence-corrected chi connectivity index (χ3v) is 6.34. The summed E-state index contributed by atoms with van der Waals surface area (Å²) in [6, 6.07) is 7.80. The second-order valence-corrected chi connectivity index (χ2v) is 8.11. The summed E-state index contributed by atoms with van der Waals surface area (Å²) in [5, 5.41) is 13.3. The third-order valence-electron chi connectivity index (χ3n) is 6.34. The fraction of sp³-hybridized carbons (Fsp3) is 0.455. The lowest BCUT2D eigenvalue weighted by molar-refractivity contribution is 0.0414. The molecule has 1 fully saturated rings. The highest BCUT2D eigenvalue weighted by atomic mass is 16.5. The van der Waals surface area contributed by atoms with Crippen molar-refractivity contribution in [1.29, 1.82) is 0 Å². The zero-order valence-electron chi connectivity index (χ0n) is 18.0. The molecule has 1 aliphatic carbocycles. The zero-order chi connectivity index (χ0) is 21.5. The van der Waals surface area contributed by atoms with E-state index in [2.05, 4.69) is 19.9 Å². The van der Waals surface area contributed by atoms with Crippen LogP contribution in [-0.4, -0.2) is 55.6 Å². The number of aromatic nitrogens is 5. The Morgan fingerprint density at radius 3 is 2.52 bits per heavy atom. The van der Waals surface area contributed by atoms with E-state index < -0.39 is 0 Å². The minimum Gasteiger partial charge on any atom is -0.493 e. The molecule has 1 amide bonds. The van der Waals surface area contributed by atoms with Crippen LogP contribution in [0.5, 0.6) is 11.5 Å². The Hall–Kier alpha value is -3.36. The lowest BCUT2D eigenvalue weighted by Crippen LogP contribution is -2.50. The first-order chi connectivity index (χ1) is 15.1. The van der Waals surface area contributed by atoms with Crippen molar-refractivity contribution in [3.63, 3.8) is 0 Å². The average molecular weight is 422 g/mol. The Morgan fingerprint density at radius 2 is 1.81 bits per heavy atom. The predicted octanol–water partition coefficient (Wildman–Crippen LogP) is 2.84. The van der Waals surface area contributed by atoms with Crippen molar-refractivity contribution in [2.75, 3.05) is 14.2 Å². The Labute approximate surface area is 180 Å². The van der Waals surface area contributed by atoms with Crippen molar-refractivity contribution < 1.29 is 14.3 Å². The molecule has 5 rings (SSSR count). The summed E-state index contributed by atoms with van der Waals surface area (Å²) in [6.45, 7) is 0.427. The van der Waals surface area contributed by atoms with Gasteiger partial charge in [0.1, 0.15) is 5.69 Å². The molecule has 0 bridgehead atoms. The van der Waals surface area contributed by atoms with E-state index in [0.29, 0.717) is 23.7 Å². The molecular weight excluding hydrogens is 396 g/mol. The number of hydrogen-bond donors (Lipinski definition) is 0. The van der Waals surface area contributed by atoms with Gasteiger partial charge in [-0.25, -0.2) is 0 Å². The summed E-state index contributed by atoms with van der Waals surface area (Å²) in [7, 11) is 5.07. The van der Waals surface area contributed by atoms with Gasteiger partial charge in [-0.05, 0) is 37.1 Å². The second-order valence-electron chi connectivity index (χ2n) is 8.11. The topological polar surface area (TPSA) is 87.3 Å². The molecule has 9 nitrogen and oxygen atoms in total. The predicted molar refractivity (Wildman–Crippen MR) is 113 cm³/mol. The number of fused-ring (bicyclic) bond motifs is 3. The summed E-state index contributed by atoms with van der Waals surface area (Å²) in [5.41, 5.74) is 1.39. The van der Waals surface area contributed by atoms with Crippen LogP contribution in [0.3, 0.4) is 0 Å². The van der Waals surface area contributed by atoms with Crippen LogP contribution >= 0.6 is 0 Å². The van der Waals surface area contributed by atoms with Gasteiger partial charge in [-0.1, -0.05) is 12.8 Å². The van der Waals surface area contributed by atoms with E-state index in [4.69, 9.17) is 9.47 Å². The van der Waals surface area contributed by atoms with Crippen LogP contribution in [0.25, 0.3) is 11.4 Å². The Kier molecular flexibility index (Phi) is 4.88. The largest absolute Gasteiger partial charge is 0.493 e. The normalized spacial score (nSPS) is 20.2. The number of ether oxygens (including phenoxy) is 2. The number of nitrogens with zero attached hydrogens (tertiary/aromatic N) is 6. The Bertz CT molecular complexity index is 1120. The smallest absolute Gasteiger partial charge is 0.275 e. The van der Waals surface area contributed by atoms with Crippen molar-refractivity contribution in [3.8, 4) is 22.9 Å². The molecule has 0 spiro atoms. The summed E-state index contributed by atoms with van der Waals surface area (Å²) in [5.74, 6) is 2.89. The molecule has 0 N–H and O–H groups in total. The van der Waals surface area contributed by atoms with Crippen LogP contribution in [-0.2, 0) is 13.6 Å². The summed E-state index contributed by atoms with van der Waals surface area (Å²) >= 11 is 0. The molecule has 162 valence electrons. The van der Waals surface area contributed by atoms with E-state index in [1.807, 2.05) is 30.1 Å².